The van der Waals surface area contributed by atoms with Gasteiger partial charge in [0.05, 0.1) is 31.7 Å². The maximum Gasteiger partial charge on any atom is 0.274 e. The Morgan fingerprint density at radius 2 is 1.77 bits per heavy atom. The Kier molecular flexibility index (Phi) is 7.28. The van der Waals surface area contributed by atoms with Crippen LogP contribution in [0.3, 0.4) is 0 Å². The average molecular weight is 424 g/mol. The Bertz CT molecular complexity index is 1120. The number of carbonyl (C=O) groups is 1. The van der Waals surface area contributed by atoms with Gasteiger partial charge in [-0.3, -0.25) is 9.59 Å². The van der Waals surface area contributed by atoms with E-state index in [1.165, 1.54) is 4.68 Å². The Hall–Kier alpha value is -3.35. The van der Waals surface area contributed by atoms with Crippen molar-refractivity contribution in [3.05, 3.63) is 64.1 Å². The standard InChI is InChI=1S/C24H29N3O4/c1-16(2)15-27-24(29)19-8-6-5-7-18(19)20(26-27)14-23(28)25-12-11-17-9-10-21(30-3)22(13-17)31-4/h5-10,13,16H,11-12,14-15H2,1-4H3,(H,25,28). The highest BCUT2D eigenvalue weighted by molar-refractivity contribution is 5.88. The van der Waals surface area contributed by atoms with Crippen molar-refractivity contribution >= 4 is 16.7 Å². The van der Waals surface area contributed by atoms with Gasteiger partial charge in [0, 0.05) is 18.5 Å². The number of nitrogens with zero attached hydrogens (tertiary/aromatic N) is 2. The summed E-state index contributed by atoms with van der Waals surface area (Å²) in [7, 11) is 3.19. The third kappa shape index (κ3) is 5.42. The second-order valence-corrected chi connectivity index (χ2v) is 7.84. The van der Waals surface area contributed by atoms with Crippen LogP contribution < -0.4 is 20.3 Å². The van der Waals surface area contributed by atoms with Crippen LogP contribution in [0.2, 0.25) is 0 Å². The van der Waals surface area contributed by atoms with E-state index < -0.39 is 0 Å². The van der Waals surface area contributed by atoms with E-state index in [-0.39, 0.29) is 23.8 Å². The first-order valence-electron chi connectivity index (χ1n) is 10.4. The lowest BCUT2D eigenvalue weighted by Gasteiger charge is -2.13. The molecule has 1 heterocycles. The van der Waals surface area contributed by atoms with E-state index in [1.807, 2.05) is 50.2 Å². The van der Waals surface area contributed by atoms with Crippen molar-refractivity contribution in [3.8, 4) is 11.5 Å². The minimum Gasteiger partial charge on any atom is -0.493 e. The van der Waals surface area contributed by atoms with Crippen LogP contribution in [0.1, 0.15) is 25.1 Å². The molecule has 7 nitrogen and oxygen atoms in total. The number of benzene rings is 2. The summed E-state index contributed by atoms with van der Waals surface area (Å²) in [6, 6.07) is 13.0. The van der Waals surface area contributed by atoms with Crippen LogP contribution in [0.4, 0.5) is 0 Å². The van der Waals surface area contributed by atoms with Gasteiger partial charge in [-0.25, -0.2) is 4.68 Å². The Morgan fingerprint density at radius 1 is 1.06 bits per heavy atom. The lowest BCUT2D eigenvalue weighted by atomic mass is 10.1. The van der Waals surface area contributed by atoms with E-state index in [4.69, 9.17) is 9.47 Å². The number of ether oxygens (including phenoxy) is 2. The monoisotopic (exact) mass is 423 g/mol. The molecule has 0 aliphatic carbocycles. The zero-order valence-corrected chi connectivity index (χ0v) is 18.5. The molecule has 7 heteroatoms. The normalized spacial score (nSPS) is 11.0. The van der Waals surface area contributed by atoms with Crippen molar-refractivity contribution in [1.29, 1.82) is 0 Å². The molecule has 0 spiro atoms. The van der Waals surface area contributed by atoms with Gasteiger partial charge in [-0.1, -0.05) is 38.1 Å². The van der Waals surface area contributed by atoms with Crippen molar-refractivity contribution in [1.82, 2.24) is 15.1 Å². The molecule has 0 unspecified atom stereocenters. The molecule has 0 aliphatic rings. The second kappa shape index (κ2) is 10.1. The van der Waals surface area contributed by atoms with Crippen molar-refractivity contribution < 1.29 is 14.3 Å². The lowest BCUT2D eigenvalue weighted by Crippen LogP contribution is -2.30. The predicted octanol–water partition coefficient (Wildman–Crippen LogP) is 2.97. The first-order valence-corrected chi connectivity index (χ1v) is 10.4. The SMILES string of the molecule is COc1ccc(CCNC(=O)Cc2nn(CC(C)C)c(=O)c3ccccc23)cc1OC. The number of methoxy groups -OCH3 is 2. The number of rotatable bonds is 9. The van der Waals surface area contributed by atoms with E-state index in [0.29, 0.717) is 42.1 Å². The molecule has 0 saturated carbocycles. The number of nitrogens with one attached hydrogen (secondary N) is 1. The van der Waals surface area contributed by atoms with E-state index in [2.05, 4.69) is 10.4 Å². The summed E-state index contributed by atoms with van der Waals surface area (Å²) in [5.74, 6) is 1.47. The zero-order valence-electron chi connectivity index (χ0n) is 18.5. The van der Waals surface area contributed by atoms with Gasteiger partial charge in [-0.2, -0.15) is 5.10 Å². The van der Waals surface area contributed by atoms with E-state index >= 15 is 0 Å². The highest BCUT2D eigenvalue weighted by Crippen LogP contribution is 2.27. The molecule has 0 fully saturated rings. The number of hydrogen-bond donors (Lipinski definition) is 1. The van der Waals surface area contributed by atoms with Crippen LogP contribution in [-0.4, -0.2) is 36.5 Å². The number of aromatic nitrogens is 2. The minimum atomic E-state index is -0.132. The number of amides is 1. The van der Waals surface area contributed by atoms with Crippen LogP contribution in [0.25, 0.3) is 10.8 Å². The van der Waals surface area contributed by atoms with Crippen molar-refractivity contribution in [2.45, 2.75) is 33.2 Å². The number of hydrogen-bond acceptors (Lipinski definition) is 5. The zero-order chi connectivity index (χ0) is 22.4. The van der Waals surface area contributed by atoms with Gasteiger partial charge < -0.3 is 14.8 Å². The predicted molar refractivity (Wildman–Crippen MR) is 121 cm³/mol. The maximum atomic E-state index is 12.7. The van der Waals surface area contributed by atoms with Gasteiger partial charge in [0.1, 0.15) is 0 Å². The Balaban J connectivity index is 1.70. The highest BCUT2D eigenvalue weighted by Gasteiger charge is 2.14. The number of carbonyl (C=O) groups excluding carboxylic acids is 1. The Morgan fingerprint density at radius 3 is 2.45 bits per heavy atom. The summed E-state index contributed by atoms with van der Waals surface area (Å²) >= 11 is 0. The van der Waals surface area contributed by atoms with Gasteiger partial charge in [0.15, 0.2) is 11.5 Å². The molecule has 3 aromatic rings. The van der Waals surface area contributed by atoms with Gasteiger partial charge in [-0.05, 0) is 36.1 Å². The smallest absolute Gasteiger partial charge is 0.274 e. The third-order valence-corrected chi connectivity index (χ3v) is 4.99. The van der Waals surface area contributed by atoms with Gasteiger partial charge >= 0.3 is 0 Å². The summed E-state index contributed by atoms with van der Waals surface area (Å²) in [5.41, 5.74) is 1.52. The molecule has 2 aromatic carbocycles. The van der Waals surface area contributed by atoms with Crippen LogP contribution >= 0.6 is 0 Å². The van der Waals surface area contributed by atoms with E-state index in [0.717, 1.165) is 10.9 Å². The fraction of sp³-hybridized carbons (Fsp3) is 0.375. The van der Waals surface area contributed by atoms with E-state index in [9.17, 15) is 9.59 Å². The molecule has 1 amide bonds. The molecule has 1 N–H and O–H groups in total. The summed E-state index contributed by atoms with van der Waals surface area (Å²) in [6.45, 7) is 5.06. The highest BCUT2D eigenvalue weighted by atomic mass is 16.5. The van der Waals surface area contributed by atoms with Crippen LogP contribution in [0.15, 0.2) is 47.3 Å². The maximum absolute atomic E-state index is 12.7. The first-order chi connectivity index (χ1) is 14.9. The molecule has 0 atom stereocenters. The molecule has 0 aliphatic heterocycles. The van der Waals surface area contributed by atoms with Gasteiger partial charge in [0.25, 0.3) is 5.56 Å². The molecule has 0 bridgehead atoms. The molecule has 164 valence electrons. The van der Waals surface area contributed by atoms with Crippen molar-refractivity contribution in [2.24, 2.45) is 5.92 Å². The van der Waals surface area contributed by atoms with Crippen LogP contribution in [-0.2, 0) is 24.2 Å². The molecular weight excluding hydrogens is 394 g/mol. The minimum absolute atomic E-state index is 0.116. The number of fused-ring (bicyclic) bond motifs is 1. The summed E-state index contributed by atoms with van der Waals surface area (Å²) in [4.78, 5) is 25.3. The fourth-order valence-corrected chi connectivity index (χ4v) is 3.50. The van der Waals surface area contributed by atoms with Gasteiger partial charge in [-0.15, -0.1) is 0 Å². The lowest BCUT2D eigenvalue weighted by molar-refractivity contribution is -0.120. The largest absolute Gasteiger partial charge is 0.493 e. The summed E-state index contributed by atoms with van der Waals surface area (Å²) in [5, 5.41) is 8.76. The molecule has 0 saturated heterocycles. The molecular formula is C24H29N3O4. The quantitative estimate of drug-likeness (QED) is 0.572. The van der Waals surface area contributed by atoms with E-state index in [1.54, 1.807) is 20.3 Å². The van der Waals surface area contributed by atoms with Crippen LogP contribution in [0.5, 0.6) is 11.5 Å². The van der Waals surface area contributed by atoms with Crippen LogP contribution in [0, 0.1) is 5.92 Å². The fourth-order valence-electron chi connectivity index (χ4n) is 3.50. The topological polar surface area (TPSA) is 82.5 Å². The summed E-state index contributed by atoms with van der Waals surface area (Å²) < 4.78 is 12.0. The molecule has 0 radical (unpaired) electrons. The molecule has 3 rings (SSSR count). The van der Waals surface area contributed by atoms with Gasteiger partial charge in [0.2, 0.25) is 5.91 Å². The van der Waals surface area contributed by atoms with Crippen molar-refractivity contribution in [2.75, 3.05) is 20.8 Å². The first kappa shape index (κ1) is 22.3. The second-order valence-electron chi connectivity index (χ2n) is 7.84. The summed E-state index contributed by atoms with van der Waals surface area (Å²) in [6.07, 6.45) is 0.776. The van der Waals surface area contributed by atoms with Crippen molar-refractivity contribution in [3.63, 3.8) is 0 Å². The third-order valence-electron chi connectivity index (χ3n) is 4.99. The Labute approximate surface area is 182 Å². The molecule has 31 heavy (non-hydrogen) atoms. The average Bonchev–Trinajstić information content (AvgIpc) is 2.76. The molecule has 1 aromatic heterocycles.